The molecule has 16 heteroatoms. The lowest BCUT2D eigenvalue weighted by atomic mass is 9.79. The number of aliphatic hydroxyl groups excluding tert-OH is 3. The predicted molar refractivity (Wildman–Crippen MR) is 204 cm³/mol. The molecule has 0 saturated carbocycles. The van der Waals surface area contributed by atoms with E-state index in [1.165, 1.54) is 7.11 Å². The number of hydrogen-bond donors (Lipinski definition) is 4. The SMILES string of the molecule is COCC1OC(COCC2C(COC)OCC(O)(COC(C)C(C)(C)C)C2OC)C(O)C(OC)C1COCC1OC(COCC(C)O)C(C(C)C)C(OC)C1O. The van der Waals surface area contributed by atoms with E-state index < -0.39 is 84.6 Å². The van der Waals surface area contributed by atoms with Gasteiger partial charge in [0.05, 0.1) is 115 Å². The zero-order valence-electron chi connectivity index (χ0n) is 36.0. The first-order valence-corrected chi connectivity index (χ1v) is 20.1. The van der Waals surface area contributed by atoms with Gasteiger partial charge in [-0.15, -0.1) is 0 Å². The van der Waals surface area contributed by atoms with Crippen LogP contribution < -0.4 is 0 Å². The molecule has 0 aromatic rings. The maximum absolute atomic E-state index is 11.8. The van der Waals surface area contributed by atoms with Gasteiger partial charge >= 0.3 is 0 Å². The van der Waals surface area contributed by atoms with Gasteiger partial charge in [0.15, 0.2) is 0 Å². The summed E-state index contributed by atoms with van der Waals surface area (Å²) in [5.74, 6) is -0.900. The predicted octanol–water partition coefficient (Wildman–Crippen LogP) is 1.10. The van der Waals surface area contributed by atoms with E-state index in [1.807, 2.05) is 20.8 Å². The molecule has 0 radical (unpaired) electrons. The van der Waals surface area contributed by atoms with Crippen molar-refractivity contribution >= 4 is 0 Å². The summed E-state index contributed by atoms with van der Waals surface area (Å²) >= 11 is 0. The third-order valence-corrected chi connectivity index (χ3v) is 11.6. The quantitative estimate of drug-likeness (QED) is 0.115. The molecule has 0 spiro atoms. The molecule has 0 amide bonds. The fourth-order valence-electron chi connectivity index (χ4n) is 8.12. The normalized spacial score (nSPS) is 38.2. The van der Waals surface area contributed by atoms with E-state index in [2.05, 4.69) is 20.8 Å². The molecule has 3 rings (SSSR count). The molecule has 0 aromatic carbocycles. The van der Waals surface area contributed by atoms with Crippen LogP contribution in [0.5, 0.6) is 0 Å². The Morgan fingerprint density at radius 3 is 1.71 bits per heavy atom. The maximum Gasteiger partial charge on any atom is 0.138 e. The van der Waals surface area contributed by atoms with Crippen molar-refractivity contribution in [2.75, 3.05) is 102 Å². The van der Waals surface area contributed by atoms with Crippen LogP contribution in [0.3, 0.4) is 0 Å². The fraction of sp³-hybridized carbons (Fsp3) is 1.00. The van der Waals surface area contributed by atoms with Crippen LogP contribution in [0.4, 0.5) is 0 Å². The summed E-state index contributed by atoms with van der Waals surface area (Å²) in [4.78, 5) is 0. The molecule has 3 aliphatic heterocycles. The van der Waals surface area contributed by atoms with Crippen LogP contribution in [-0.4, -0.2) is 201 Å². The lowest BCUT2D eigenvalue weighted by Crippen LogP contribution is -2.63. The van der Waals surface area contributed by atoms with Crippen molar-refractivity contribution in [2.45, 2.75) is 127 Å². The summed E-state index contributed by atoms with van der Waals surface area (Å²) in [5, 5.41) is 44.3. The van der Waals surface area contributed by atoms with Crippen molar-refractivity contribution in [3.8, 4) is 0 Å². The number of methoxy groups -OCH3 is 5. The standard InChI is InChI=1S/C40H76O16/c1-23(2)33-30(18-50-13-24(3)41)56-32(35(43)37(33)48-11)20-51-14-26-29(17-46-9)55-31(34(42)36(26)47-10)19-52-15-27-28(16-45-8)54-22-40(44,38(27)49-12)21-53-25(4)39(5,6)7/h23-38,41-44H,13-22H2,1-12H3. The van der Waals surface area contributed by atoms with Crippen LogP contribution >= 0.6 is 0 Å². The minimum atomic E-state index is -1.43. The van der Waals surface area contributed by atoms with Gasteiger partial charge in [-0.3, -0.25) is 0 Å². The van der Waals surface area contributed by atoms with Crippen LogP contribution in [0.15, 0.2) is 0 Å². The van der Waals surface area contributed by atoms with Crippen molar-refractivity contribution in [2.24, 2.45) is 29.1 Å². The Kier molecular flexibility index (Phi) is 20.8. The van der Waals surface area contributed by atoms with Crippen LogP contribution in [0.2, 0.25) is 0 Å². The topological polar surface area (TPSA) is 192 Å². The third-order valence-electron chi connectivity index (χ3n) is 11.6. The van der Waals surface area contributed by atoms with Crippen LogP contribution in [-0.2, 0) is 56.8 Å². The van der Waals surface area contributed by atoms with Crippen molar-refractivity contribution in [1.82, 2.24) is 0 Å². The first-order valence-electron chi connectivity index (χ1n) is 20.1. The van der Waals surface area contributed by atoms with Gasteiger partial charge in [0.25, 0.3) is 0 Å². The second-order valence-corrected chi connectivity index (χ2v) is 17.3. The van der Waals surface area contributed by atoms with Crippen LogP contribution in [0.25, 0.3) is 0 Å². The molecule has 332 valence electrons. The molecule has 16 unspecified atom stereocenters. The summed E-state index contributed by atoms with van der Waals surface area (Å²) in [6.45, 7) is 15.1. The molecule has 56 heavy (non-hydrogen) atoms. The Bertz CT molecular complexity index is 1080. The molecule has 3 aliphatic rings. The number of aliphatic hydroxyl groups is 4. The highest BCUT2D eigenvalue weighted by Crippen LogP contribution is 2.36. The summed E-state index contributed by atoms with van der Waals surface area (Å²) in [7, 11) is 7.79. The van der Waals surface area contributed by atoms with Crippen LogP contribution in [0, 0.1) is 29.1 Å². The van der Waals surface area contributed by atoms with E-state index in [-0.39, 0.29) is 89.4 Å². The Morgan fingerprint density at radius 2 is 1.20 bits per heavy atom. The molecule has 3 heterocycles. The highest BCUT2D eigenvalue weighted by atomic mass is 16.6. The Balaban J connectivity index is 1.66. The second kappa shape index (κ2) is 23.4. The lowest BCUT2D eigenvalue weighted by molar-refractivity contribution is -0.265. The molecule has 3 fully saturated rings. The molecule has 4 N–H and O–H groups in total. The summed E-state index contributed by atoms with van der Waals surface area (Å²) < 4.78 is 71.7. The Labute approximate surface area is 334 Å². The van der Waals surface area contributed by atoms with E-state index in [0.717, 1.165) is 0 Å². The Morgan fingerprint density at radius 1 is 0.661 bits per heavy atom. The van der Waals surface area contributed by atoms with Gasteiger partial charge in [0.2, 0.25) is 0 Å². The summed E-state index contributed by atoms with van der Waals surface area (Å²) in [6, 6.07) is 0. The molecule has 16 nitrogen and oxygen atoms in total. The molecule has 0 bridgehead atoms. The average molecular weight is 813 g/mol. The van der Waals surface area contributed by atoms with Crippen molar-refractivity contribution < 1.29 is 77.3 Å². The van der Waals surface area contributed by atoms with Gasteiger partial charge in [-0.05, 0) is 25.2 Å². The van der Waals surface area contributed by atoms with Crippen LogP contribution in [0.1, 0.15) is 48.5 Å². The minimum Gasteiger partial charge on any atom is -0.391 e. The molecule has 0 aliphatic carbocycles. The average Bonchev–Trinajstić information content (AvgIpc) is 3.13. The van der Waals surface area contributed by atoms with Crippen molar-refractivity contribution in [3.05, 3.63) is 0 Å². The summed E-state index contributed by atoms with van der Waals surface area (Å²) in [5.41, 5.74) is -1.56. The smallest absolute Gasteiger partial charge is 0.138 e. The minimum absolute atomic E-state index is 0.00520. The zero-order chi connectivity index (χ0) is 41.8. The first-order chi connectivity index (χ1) is 26.5. The largest absolute Gasteiger partial charge is 0.391 e. The van der Waals surface area contributed by atoms with E-state index in [9.17, 15) is 20.4 Å². The fourth-order valence-corrected chi connectivity index (χ4v) is 8.12. The van der Waals surface area contributed by atoms with E-state index in [4.69, 9.17) is 56.8 Å². The van der Waals surface area contributed by atoms with Gasteiger partial charge in [0, 0.05) is 53.3 Å². The number of hydrogen-bond acceptors (Lipinski definition) is 16. The highest BCUT2D eigenvalue weighted by Gasteiger charge is 2.52. The van der Waals surface area contributed by atoms with Gasteiger partial charge < -0.3 is 77.3 Å². The molecule has 0 aromatic heterocycles. The zero-order valence-corrected chi connectivity index (χ0v) is 36.0. The van der Waals surface area contributed by atoms with Gasteiger partial charge in [0.1, 0.15) is 30.0 Å². The molecule has 3 saturated heterocycles. The van der Waals surface area contributed by atoms with E-state index >= 15 is 0 Å². The molecular weight excluding hydrogens is 736 g/mol. The summed E-state index contributed by atoms with van der Waals surface area (Å²) in [6.07, 6.45) is -7.56. The second-order valence-electron chi connectivity index (χ2n) is 17.3. The lowest BCUT2D eigenvalue weighted by Gasteiger charge is -2.48. The number of rotatable bonds is 23. The number of ether oxygens (including phenoxy) is 12. The van der Waals surface area contributed by atoms with Gasteiger partial charge in [-0.1, -0.05) is 34.6 Å². The third kappa shape index (κ3) is 13.2. The van der Waals surface area contributed by atoms with Gasteiger partial charge in [-0.25, -0.2) is 0 Å². The molecular formula is C40H76O16. The van der Waals surface area contributed by atoms with E-state index in [1.54, 1.807) is 35.4 Å². The van der Waals surface area contributed by atoms with Gasteiger partial charge in [-0.2, -0.15) is 0 Å². The van der Waals surface area contributed by atoms with Crippen molar-refractivity contribution in [3.63, 3.8) is 0 Å². The monoisotopic (exact) mass is 813 g/mol. The maximum atomic E-state index is 11.8. The van der Waals surface area contributed by atoms with Crippen molar-refractivity contribution in [1.29, 1.82) is 0 Å². The Hall–Kier alpha value is -0.640. The first kappa shape index (κ1) is 49.7. The highest BCUT2D eigenvalue weighted by molar-refractivity contribution is 5.00. The van der Waals surface area contributed by atoms with E-state index in [0.29, 0.717) is 0 Å². The molecule has 16 atom stereocenters.